The van der Waals surface area contributed by atoms with Crippen LogP contribution in [0.3, 0.4) is 0 Å². The minimum absolute atomic E-state index is 0.0438. The summed E-state index contributed by atoms with van der Waals surface area (Å²) >= 11 is 0. The van der Waals surface area contributed by atoms with E-state index in [0.29, 0.717) is 18.8 Å². The molecule has 0 radical (unpaired) electrons. The van der Waals surface area contributed by atoms with Crippen molar-refractivity contribution in [2.75, 3.05) is 17.7 Å². The van der Waals surface area contributed by atoms with Gasteiger partial charge in [-0.1, -0.05) is 18.2 Å². The van der Waals surface area contributed by atoms with Crippen LogP contribution in [0.4, 0.5) is 11.4 Å². The van der Waals surface area contributed by atoms with Crippen LogP contribution in [0.1, 0.15) is 11.3 Å². The summed E-state index contributed by atoms with van der Waals surface area (Å²) in [6, 6.07) is 12.1. The molecule has 0 bridgehead atoms. The topological polar surface area (TPSA) is 96.3 Å². The maximum atomic E-state index is 11.7. The summed E-state index contributed by atoms with van der Waals surface area (Å²) in [4.78, 5) is 16.3. The normalized spacial score (nSPS) is 14.4. The average Bonchev–Trinajstić information content (AvgIpc) is 2.98. The number of benzene rings is 2. The Labute approximate surface area is 150 Å². The lowest BCUT2D eigenvalue weighted by atomic mass is 10.0. The Morgan fingerprint density at radius 1 is 1.19 bits per heavy atom. The molecule has 4 rings (SSSR count). The SMILES string of the molecule is CS(=O)(=O)c1ccc(N2CCc3[nH]c4ccccc4c3C2)c([N+](=O)[O-])c1. The Hall–Kier alpha value is -2.87. The number of nitrogens with one attached hydrogen (secondary N) is 1. The zero-order valence-electron chi connectivity index (χ0n) is 14.1. The van der Waals surface area contributed by atoms with E-state index in [1.807, 2.05) is 29.2 Å². The Morgan fingerprint density at radius 2 is 1.96 bits per heavy atom. The predicted molar refractivity (Wildman–Crippen MR) is 99.3 cm³/mol. The lowest BCUT2D eigenvalue weighted by Crippen LogP contribution is -2.30. The van der Waals surface area contributed by atoms with Crippen molar-refractivity contribution in [1.82, 2.24) is 4.98 Å². The van der Waals surface area contributed by atoms with Crippen molar-refractivity contribution in [2.45, 2.75) is 17.9 Å². The monoisotopic (exact) mass is 371 g/mol. The number of sulfone groups is 1. The van der Waals surface area contributed by atoms with E-state index < -0.39 is 14.8 Å². The molecule has 7 nitrogen and oxygen atoms in total. The van der Waals surface area contributed by atoms with Crippen LogP contribution in [-0.2, 0) is 22.8 Å². The number of rotatable bonds is 3. The van der Waals surface area contributed by atoms with Gasteiger partial charge in [-0.3, -0.25) is 10.1 Å². The fourth-order valence-corrected chi connectivity index (χ4v) is 4.16. The first-order valence-corrected chi connectivity index (χ1v) is 10.1. The first-order chi connectivity index (χ1) is 12.3. The Morgan fingerprint density at radius 3 is 2.69 bits per heavy atom. The summed E-state index contributed by atoms with van der Waals surface area (Å²) in [5.74, 6) is 0. The number of aromatic amines is 1. The molecule has 0 fully saturated rings. The number of hydrogen-bond donors (Lipinski definition) is 1. The Balaban J connectivity index is 1.78. The van der Waals surface area contributed by atoms with Gasteiger partial charge >= 0.3 is 0 Å². The molecule has 1 aliphatic rings. The molecular weight excluding hydrogens is 354 g/mol. The second-order valence-electron chi connectivity index (χ2n) is 6.48. The third-order valence-electron chi connectivity index (χ3n) is 4.80. The summed E-state index contributed by atoms with van der Waals surface area (Å²) in [6.07, 6.45) is 1.79. The molecule has 2 heterocycles. The first kappa shape index (κ1) is 16.6. The van der Waals surface area contributed by atoms with E-state index in [0.717, 1.165) is 40.9 Å². The van der Waals surface area contributed by atoms with E-state index in [4.69, 9.17) is 0 Å². The van der Waals surface area contributed by atoms with Gasteiger partial charge in [0.25, 0.3) is 5.69 Å². The number of H-pyrrole nitrogens is 1. The number of anilines is 1. The number of nitro groups is 1. The van der Waals surface area contributed by atoms with Gasteiger partial charge in [0.15, 0.2) is 9.84 Å². The first-order valence-electron chi connectivity index (χ1n) is 8.16. The second kappa shape index (κ2) is 5.84. The largest absolute Gasteiger partial charge is 0.361 e. The molecule has 1 aliphatic heterocycles. The van der Waals surface area contributed by atoms with Crippen LogP contribution in [0.15, 0.2) is 47.4 Å². The fraction of sp³-hybridized carbons (Fsp3) is 0.222. The van der Waals surface area contributed by atoms with Gasteiger partial charge in [-0.2, -0.15) is 0 Å². The van der Waals surface area contributed by atoms with Crippen LogP contribution in [0.25, 0.3) is 10.9 Å². The molecule has 2 aromatic carbocycles. The van der Waals surface area contributed by atoms with E-state index in [9.17, 15) is 18.5 Å². The van der Waals surface area contributed by atoms with Crippen LogP contribution in [0, 0.1) is 10.1 Å². The van der Waals surface area contributed by atoms with Crippen molar-refractivity contribution in [2.24, 2.45) is 0 Å². The zero-order chi connectivity index (χ0) is 18.5. The van der Waals surface area contributed by atoms with Gasteiger partial charge in [0.1, 0.15) is 5.69 Å². The van der Waals surface area contributed by atoms with Crippen molar-refractivity contribution in [1.29, 1.82) is 0 Å². The molecule has 26 heavy (non-hydrogen) atoms. The number of nitro benzene ring substituents is 1. The quantitative estimate of drug-likeness (QED) is 0.564. The van der Waals surface area contributed by atoms with Gasteiger partial charge in [-0.15, -0.1) is 0 Å². The highest BCUT2D eigenvalue weighted by Gasteiger charge is 2.27. The highest BCUT2D eigenvalue weighted by Crippen LogP contribution is 2.35. The van der Waals surface area contributed by atoms with Gasteiger partial charge < -0.3 is 9.88 Å². The number of fused-ring (bicyclic) bond motifs is 3. The lowest BCUT2D eigenvalue weighted by molar-refractivity contribution is -0.384. The van der Waals surface area contributed by atoms with E-state index >= 15 is 0 Å². The molecular formula is C18H17N3O4S. The summed E-state index contributed by atoms with van der Waals surface area (Å²) < 4.78 is 23.5. The fourth-order valence-electron chi connectivity index (χ4n) is 3.52. The molecule has 3 aromatic rings. The summed E-state index contributed by atoms with van der Waals surface area (Å²) in [5.41, 5.74) is 3.60. The molecule has 1 aromatic heterocycles. The molecule has 0 amide bonds. The highest BCUT2D eigenvalue weighted by atomic mass is 32.2. The molecule has 134 valence electrons. The van der Waals surface area contributed by atoms with Crippen molar-refractivity contribution in [3.63, 3.8) is 0 Å². The smallest absolute Gasteiger partial charge is 0.293 e. The molecule has 0 aliphatic carbocycles. The highest BCUT2D eigenvalue weighted by molar-refractivity contribution is 7.90. The maximum absolute atomic E-state index is 11.7. The standard InChI is InChI=1S/C18H17N3O4S/c1-26(24,25)12-6-7-17(18(10-12)21(22)23)20-9-8-16-14(11-20)13-4-2-3-5-15(13)19-16/h2-7,10,19H,8-9,11H2,1H3. The summed E-state index contributed by atoms with van der Waals surface area (Å²) in [5, 5.41) is 12.6. The van der Waals surface area contributed by atoms with Gasteiger partial charge in [-0.25, -0.2) is 8.42 Å². The second-order valence-corrected chi connectivity index (χ2v) is 8.49. The van der Waals surface area contributed by atoms with E-state index in [1.54, 1.807) is 0 Å². The van der Waals surface area contributed by atoms with E-state index in [1.165, 1.54) is 12.1 Å². The van der Waals surface area contributed by atoms with Crippen LogP contribution in [-0.4, -0.2) is 31.1 Å². The van der Waals surface area contributed by atoms with Gasteiger partial charge in [-0.05, 0) is 18.2 Å². The molecule has 8 heteroatoms. The zero-order valence-corrected chi connectivity index (χ0v) is 14.9. The number of para-hydroxylation sites is 1. The van der Waals surface area contributed by atoms with Crippen molar-refractivity contribution in [3.8, 4) is 0 Å². The average molecular weight is 371 g/mol. The maximum Gasteiger partial charge on any atom is 0.293 e. The third-order valence-corrected chi connectivity index (χ3v) is 5.91. The molecule has 0 saturated carbocycles. The predicted octanol–water partition coefficient (Wildman–Crippen LogP) is 3.04. The number of nitrogens with zero attached hydrogens (tertiary/aromatic N) is 2. The van der Waals surface area contributed by atoms with Crippen molar-refractivity contribution < 1.29 is 13.3 Å². The molecule has 0 spiro atoms. The van der Waals surface area contributed by atoms with Crippen LogP contribution < -0.4 is 4.90 Å². The van der Waals surface area contributed by atoms with Crippen molar-refractivity contribution in [3.05, 3.63) is 63.8 Å². The van der Waals surface area contributed by atoms with Crippen molar-refractivity contribution >= 4 is 32.1 Å². The number of aromatic nitrogens is 1. The van der Waals surface area contributed by atoms with E-state index in [-0.39, 0.29) is 10.6 Å². The van der Waals surface area contributed by atoms with E-state index in [2.05, 4.69) is 4.98 Å². The van der Waals surface area contributed by atoms with Crippen LogP contribution in [0.2, 0.25) is 0 Å². The lowest BCUT2D eigenvalue weighted by Gasteiger charge is -2.29. The Kier molecular flexibility index (Phi) is 3.73. The minimum atomic E-state index is -3.50. The third kappa shape index (κ3) is 2.72. The molecule has 0 unspecified atom stereocenters. The summed E-state index contributed by atoms with van der Waals surface area (Å²) in [6.45, 7) is 1.16. The summed E-state index contributed by atoms with van der Waals surface area (Å²) in [7, 11) is -3.50. The van der Waals surface area contributed by atoms with Gasteiger partial charge in [0, 0.05) is 54.0 Å². The molecule has 0 saturated heterocycles. The number of hydrogen-bond acceptors (Lipinski definition) is 5. The molecule has 1 N–H and O–H groups in total. The molecule has 0 atom stereocenters. The van der Waals surface area contributed by atoms with Gasteiger partial charge in [0.05, 0.1) is 9.82 Å². The van der Waals surface area contributed by atoms with Crippen LogP contribution >= 0.6 is 0 Å². The van der Waals surface area contributed by atoms with Crippen LogP contribution in [0.5, 0.6) is 0 Å². The van der Waals surface area contributed by atoms with Gasteiger partial charge in [0.2, 0.25) is 0 Å². The Bertz CT molecular complexity index is 1130. The minimum Gasteiger partial charge on any atom is -0.361 e.